The highest BCUT2D eigenvalue weighted by Gasteiger charge is 2.36. The predicted octanol–water partition coefficient (Wildman–Crippen LogP) is 0.341. The number of rotatable bonds is 5. The van der Waals surface area contributed by atoms with Crippen LogP contribution in [0.1, 0.15) is 25.7 Å². The quantitative estimate of drug-likeness (QED) is 0.843. The van der Waals surface area contributed by atoms with Crippen LogP contribution in [0.2, 0.25) is 0 Å². The highest BCUT2D eigenvalue weighted by Crippen LogP contribution is 2.27. The van der Waals surface area contributed by atoms with Gasteiger partial charge in [0.15, 0.2) is 0 Å². The molecule has 3 rings (SSSR count). The fourth-order valence-electron chi connectivity index (χ4n) is 2.95. The van der Waals surface area contributed by atoms with Crippen LogP contribution >= 0.6 is 0 Å². The number of aromatic nitrogens is 5. The Kier molecular flexibility index (Phi) is 4.59. The number of hydrogen-bond acceptors (Lipinski definition) is 7. The van der Waals surface area contributed by atoms with Gasteiger partial charge in [-0.3, -0.25) is 4.79 Å². The molecule has 128 valence electrons. The highest BCUT2D eigenvalue weighted by molar-refractivity contribution is 5.73. The average molecular weight is 331 g/mol. The van der Waals surface area contributed by atoms with Crippen LogP contribution in [0.25, 0.3) is 0 Å². The van der Waals surface area contributed by atoms with Crippen molar-refractivity contribution in [2.45, 2.75) is 32.9 Å². The van der Waals surface area contributed by atoms with Crippen LogP contribution in [0, 0.1) is 6.92 Å². The first-order chi connectivity index (χ1) is 11.6. The molecule has 1 N–H and O–H groups in total. The summed E-state index contributed by atoms with van der Waals surface area (Å²) in [6, 6.07) is 1.74. The van der Waals surface area contributed by atoms with E-state index in [1.165, 1.54) is 6.92 Å². The topological polar surface area (TPSA) is 98.1 Å². The molecule has 24 heavy (non-hydrogen) atoms. The number of hydrogen-bond donors (Lipinski definition) is 1. The number of nitrogens with zero attached hydrogens (tertiary/aromatic N) is 6. The SMILES string of the molecule is CCOc1cc(N2C[C@@H](NC(C)=O)[C@@H](n3ccnn3)C2)nc(C)n1. The molecule has 0 unspecified atom stereocenters. The zero-order valence-corrected chi connectivity index (χ0v) is 14.0. The van der Waals surface area contributed by atoms with Gasteiger partial charge in [0.25, 0.3) is 0 Å². The van der Waals surface area contributed by atoms with Gasteiger partial charge in [-0.2, -0.15) is 4.98 Å². The van der Waals surface area contributed by atoms with Crippen LogP contribution in [0.15, 0.2) is 18.5 Å². The van der Waals surface area contributed by atoms with Crippen molar-refractivity contribution in [1.29, 1.82) is 0 Å². The summed E-state index contributed by atoms with van der Waals surface area (Å²) in [5.41, 5.74) is 0. The van der Waals surface area contributed by atoms with E-state index >= 15 is 0 Å². The van der Waals surface area contributed by atoms with Gasteiger partial charge >= 0.3 is 0 Å². The third kappa shape index (κ3) is 3.44. The van der Waals surface area contributed by atoms with Crippen molar-refractivity contribution in [3.63, 3.8) is 0 Å². The van der Waals surface area contributed by atoms with Crippen molar-refractivity contribution in [2.75, 3.05) is 24.6 Å². The Morgan fingerprint density at radius 3 is 2.92 bits per heavy atom. The van der Waals surface area contributed by atoms with Crippen molar-refractivity contribution in [2.24, 2.45) is 0 Å². The minimum atomic E-state index is -0.0741. The summed E-state index contributed by atoms with van der Waals surface area (Å²) in [5, 5.41) is 10.9. The number of carbonyl (C=O) groups is 1. The summed E-state index contributed by atoms with van der Waals surface area (Å²) >= 11 is 0. The molecule has 1 aliphatic rings. The van der Waals surface area contributed by atoms with Crippen LogP contribution < -0.4 is 15.0 Å². The fraction of sp³-hybridized carbons (Fsp3) is 0.533. The second kappa shape index (κ2) is 6.81. The van der Waals surface area contributed by atoms with Crippen LogP contribution in [0.3, 0.4) is 0 Å². The zero-order chi connectivity index (χ0) is 17.1. The lowest BCUT2D eigenvalue weighted by Gasteiger charge is -2.18. The van der Waals surface area contributed by atoms with Crippen LogP contribution in [-0.2, 0) is 4.79 Å². The molecule has 2 atom stereocenters. The molecule has 3 heterocycles. The van der Waals surface area contributed by atoms with E-state index in [4.69, 9.17) is 4.74 Å². The van der Waals surface area contributed by atoms with E-state index in [2.05, 4.69) is 30.5 Å². The number of nitrogens with one attached hydrogen (secondary N) is 1. The monoisotopic (exact) mass is 331 g/mol. The van der Waals surface area contributed by atoms with Gasteiger partial charge in [-0.1, -0.05) is 5.21 Å². The van der Waals surface area contributed by atoms with Gasteiger partial charge in [0.1, 0.15) is 11.6 Å². The van der Waals surface area contributed by atoms with Gasteiger partial charge in [0.2, 0.25) is 11.8 Å². The molecule has 0 spiro atoms. The maximum absolute atomic E-state index is 11.5. The highest BCUT2D eigenvalue weighted by atomic mass is 16.5. The number of carbonyl (C=O) groups excluding carboxylic acids is 1. The largest absolute Gasteiger partial charge is 0.478 e. The Bertz CT molecular complexity index is 704. The van der Waals surface area contributed by atoms with E-state index in [1.54, 1.807) is 17.1 Å². The molecule has 1 saturated heterocycles. The van der Waals surface area contributed by atoms with E-state index < -0.39 is 0 Å². The van der Waals surface area contributed by atoms with Crippen LogP contribution in [-0.4, -0.2) is 56.6 Å². The maximum Gasteiger partial charge on any atom is 0.218 e. The van der Waals surface area contributed by atoms with E-state index in [0.29, 0.717) is 31.4 Å². The smallest absolute Gasteiger partial charge is 0.218 e. The standard InChI is InChI=1S/C15H21N7O2/c1-4-24-15-7-14(17-10(2)18-15)21-8-12(19-11(3)23)13(9-21)22-6-5-16-20-22/h5-7,12-13H,4,8-9H2,1-3H3,(H,19,23)/t12-,13+/m1/s1. The number of anilines is 1. The number of amides is 1. The zero-order valence-electron chi connectivity index (χ0n) is 14.0. The van der Waals surface area contributed by atoms with E-state index in [1.807, 2.05) is 19.9 Å². The van der Waals surface area contributed by atoms with Gasteiger partial charge in [-0.25, -0.2) is 9.67 Å². The summed E-state index contributed by atoms with van der Waals surface area (Å²) in [6.45, 7) is 7.11. The summed E-state index contributed by atoms with van der Waals surface area (Å²) < 4.78 is 7.28. The number of ether oxygens (including phenoxy) is 1. The Balaban J connectivity index is 1.86. The minimum absolute atomic E-state index is 0.0118. The molecule has 0 radical (unpaired) electrons. The minimum Gasteiger partial charge on any atom is -0.478 e. The summed E-state index contributed by atoms with van der Waals surface area (Å²) in [5.74, 6) is 1.92. The molecule has 0 aromatic carbocycles. The number of aryl methyl sites for hydroxylation is 1. The van der Waals surface area contributed by atoms with Gasteiger partial charge in [0, 0.05) is 32.3 Å². The summed E-state index contributed by atoms with van der Waals surface area (Å²) in [6.07, 6.45) is 3.44. The van der Waals surface area contributed by atoms with Crippen LogP contribution in [0.5, 0.6) is 5.88 Å². The lowest BCUT2D eigenvalue weighted by atomic mass is 10.2. The molecule has 2 aromatic rings. The average Bonchev–Trinajstić information content (AvgIpc) is 3.15. The molecule has 9 heteroatoms. The Labute approximate surface area is 140 Å². The lowest BCUT2D eigenvalue weighted by Crippen LogP contribution is -2.40. The van der Waals surface area contributed by atoms with Gasteiger partial charge in [-0.15, -0.1) is 5.10 Å². The first-order valence-electron chi connectivity index (χ1n) is 7.93. The van der Waals surface area contributed by atoms with Crippen molar-refractivity contribution in [3.8, 4) is 5.88 Å². The molecule has 9 nitrogen and oxygen atoms in total. The van der Waals surface area contributed by atoms with E-state index in [9.17, 15) is 4.79 Å². The van der Waals surface area contributed by atoms with Crippen molar-refractivity contribution in [3.05, 3.63) is 24.3 Å². The van der Waals surface area contributed by atoms with Crippen molar-refractivity contribution >= 4 is 11.7 Å². The second-order valence-corrected chi connectivity index (χ2v) is 5.71. The summed E-state index contributed by atoms with van der Waals surface area (Å²) in [4.78, 5) is 22.4. The molecule has 0 aliphatic carbocycles. The molecule has 2 aromatic heterocycles. The third-order valence-electron chi connectivity index (χ3n) is 3.88. The molecular formula is C15H21N7O2. The summed E-state index contributed by atoms with van der Waals surface area (Å²) in [7, 11) is 0. The molecule has 1 amide bonds. The van der Waals surface area contributed by atoms with Gasteiger partial charge in [0.05, 0.1) is 24.9 Å². The lowest BCUT2D eigenvalue weighted by molar-refractivity contribution is -0.119. The molecular weight excluding hydrogens is 310 g/mol. The Morgan fingerprint density at radius 2 is 2.25 bits per heavy atom. The van der Waals surface area contributed by atoms with Crippen LogP contribution in [0.4, 0.5) is 5.82 Å². The second-order valence-electron chi connectivity index (χ2n) is 5.71. The van der Waals surface area contributed by atoms with E-state index in [-0.39, 0.29) is 18.0 Å². The van der Waals surface area contributed by atoms with Crippen molar-refractivity contribution in [1.82, 2.24) is 30.3 Å². The fourth-order valence-corrected chi connectivity index (χ4v) is 2.95. The first-order valence-corrected chi connectivity index (χ1v) is 7.93. The molecule has 1 fully saturated rings. The molecule has 0 saturated carbocycles. The normalized spacial score (nSPS) is 20.2. The van der Waals surface area contributed by atoms with E-state index in [0.717, 1.165) is 5.82 Å². The third-order valence-corrected chi connectivity index (χ3v) is 3.88. The molecule has 1 aliphatic heterocycles. The molecule has 0 bridgehead atoms. The van der Waals surface area contributed by atoms with Gasteiger partial charge in [-0.05, 0) is 13.8 Å². The van der Waals surface area contributed by atoms with Gasteiger partial charge < -0.3 is 15.0 Å². The first kappa shape index (κ1) is 16.2. The predicted molar refractivity (Wildman–Crippen MR) is 86.8 cm³/mol. The Morgan fingerprint density at radius 1 is 1.42 bits per heavy atom. The Hall–Kier alpha value is -2.71. The maximum atomic E-state index is 11.5. The van der Waals surface area contributed by atoms with Crippen molar-refractivity contribution < 1.29 is 9.53 Å².